The third kappa shape index (κ3) is 3.13. The molecule has 1 rings (SSSR count). The highest BCUT2D eigenvalue weighted by atomic mass is 35.6. The van der Waals surface area contributed by atoms with Crippen molar-refractivity contribution >= 4 is 47.3 Å². The molecule has 0 aliphatic carbocycles. The fourth-order valence-corrected chi connectivity index (χ4v) is 6.46. The van der Waals surface area contributed by atoms with Crippen LogP contribution in [0.1, 0.15) is 11.1 Å². The van der Waals surface area contributed by atoms with Crippen molar-refractivity contribution in [3.8, 4) is 0 Å². The van der Waals surface area contributed by atoms with E-state index in [0.29, 0.717) is 0 Å². The number of halogens is 2. The van der Waals surface area contributed by atoms with Gasteiger partial charge < -0.3 is 0 Å². The Balaban J connectivity index is 3.40. The van der Waals surface area contributed by atoms with Crippen LogP contribution in [0.25, 0.3) is 0 Å². The molecule has 0 nitrogen and oxygen atoms in total. The molecule has 0 aliphatic heterocycles. The third-order valence-corrected chi connectivity index (χ3v) is 7.71. The lowest BCUT2D eigenvalue weighted by atomic mass is 10.2. The van der Waals surface area contributed by atoms with Gasteiger partial charge in [-0.15, -0.1) is 0 Å². The van der Waals surface area contributed by atoms with E-state index in [1.807, 2.05) is 0 Å². The smallest absolute Gasteiger partial charge is 0.162 e. The molecule has 0 N–H and O–H groups in total. The van der Waals surface area contributed by atoms with Crippen molar-refractivity contribution < 1.29 is 0 Å². The summed E-state index contributed by atoms with van der Waals surface area (Å²) in [5.74, 6) is 0. The zero-order chi connectivity index (χ0) is 12.7. The van der Waals surface area contributed by atoms with Crippen LogP contribution in [0.4, 0.5) is 0 Å². The van der Waals surface area contributed by atoms with Gasteiger partial charge in [-0.1, -0.05) is 49.4 Å². The first-order valence-corrected chi connectivity index (χ1v) is 13.6. The molecule has 0 heterocycles. The molecule has 4 heteroatoms. The van der Waals surface area contributed by atoms with Crippen LogP contribution in [0.15, 0.2) is 12.1 Å². The predicted octanol–water partition coefficient (Wildman–Crippen LogP) is 3.61. The first-order valence-electron chi connectivity index (χ1n) is 5.53. The Bertz CT molecular complexity index is 361. The Morgan fingerprint density at radius 2 is 1.00 bits per heavy atom. The second-order valence-electron chi connectivity index (χ2n) is 5.43. The van der Waals surface area contributed by atoms with E-state index in [1.54, 1.807) is 0 Å². The largest absolute Gasteiger partial charge is 0.181 e. The summed E-state index contributed by atoms with van der Waals surface area (Å²) >= 11 is 13.0. The molecule has 16 heavy (non-hydrogen) atoms. The Morgan fingerprint density at radius 1 is 0.750 bits per heavy atom. The molecule has 90 valence electrons. The van der Waals surface area contributed by atoms with Crippen LogP contribution in [0.5, 0.6) is 0 Å². The maximum atomic E-state index is 6.52. The topological polar surface area (TPSA) is 0 Å². The third-order valence-electron chi connectivity index (χ3n) is 2.85. The number of hydrogen-bond acceptors (Lipinski definition) is 0. The lowest BCUT2D eigenvalue weighted by Crippen LogP contribution is -2.43. The van der Waals surface area contributed by atoms with Crippen LogP contribution in [-0.2, 0) is 0 Å². The van der Waals surface area contributed by atoms with Crippen LogP contribution >= 0.6 is 22.2 Å². The summed E-state index contributed by atoms with van der Waals surface area (Å²) in [5, 5.41) is 2.68. The van der Waals surface area contributed by atoms with Gasteiger partial charge >= 0.3 is 0 Å². The molecule has 0 saturated carbocycles. The maximum absolute atomic E-state index is 6.52. The molecule has 0 atom stereocenters. The van der Waals surface area contributed by atoms with Gasteiger partial charge in [0.15, 0.2) is 14.8 Å². The van der Waals surface area contributed by atoms with Gasteiger partial charge in [0.05, 0.1) is 0 Å². The molecule has 1 aromatic carbocycles. The number of benzene rings is 1. The van der Waals surface area contributed by atoms with E-state index in [2.05, 4.69) is 52.2 Å². The molecule has 0 spiro atoms. The minimum absolute atomic E-state index is 1.30. The summed E-state index contributed by atoms with van der Waals surface area (Å²) in [7, 11) is -3.49. The van der Waals surface area contributed by atoms with Crippen molar-refractivity contribution in [2.75, 3.05) is 0 Å². The fraction of sp³-hybridized carbons (Fsp3) is 0.500. The summed E-state index contributed by atoms with van der Waals surface area (Å²) in [6, 6.07) is 4.50. The highest BCUT2D eigenvalue weighted by Crippen LogP contribution is 2.16. The molecule has 0 aromatic heterocycles. The van der Waals surface area contributed by atoms with Crippen molar-refractivity contribution in [2.45, 2.75) is 40.0 Å². The molecule has 0 amide bonds. The highest BCUT2D eigenvalue weighted by Gasteiger charge is 2.27. The quantitative estimate of drug-likeness (QED) is 0.577. The molecule has 0 radical (unpaired) electrons. The molecule has 1 aromatic rings. The lowest BCUT2D eigenvalue weighted by molar-refractivity contribution is 1.44. The van der Waals surface area contributed by atoms with Gasteiger partial charge in [0.2, 0.25) is 0 Å². The van der Waals surface area contributed by atoms with E-state index in [9.17, 15) is 0 Å². The summed E-state index contributed by atoms with van der Waals surface area (Å²) in [4.78, 5) is 0. The van der Waals surface area contributed by atoms with Crippen LogP contribution < -0.4 is 10.4 Å². The molecule has 0 bridgehead atoms. The minimum atomic E-state index is -1.75. The van der Waals surface area contributed by atoms with Gasteiger partial charge in [-0.2, -0.15) is 22.2 Å². The summed E-state index contributed by atoms with van der Waals surface area (Å²) in [6.07, 6.45) is 0. The number of hydrogen-bond donors (Lipinski definition) is 0. The Labute approximate surface area is 110 Å². The molecule has 0 fully saturated rings. The molecular formula is C12H20Cl2Si2. The van der Waals surface area contributed by atoms with Crippen molar-refractivity contribution in [3.05, 3.63) is 23.3 Å². The molecule has 0 aliphatic rings. The standard InChI is InChI=1S/C12H20Cl2Si2/c1-9-7-12(16(5,6)14)10(2)8-11(9)15(3,4)13/h7-8H,1-6H3. The van der Waals surface area contributed by atoms with Crippen LogP contribution in [-0.4, -0.2) is 14.8 Å². The van der Waals surface area contributed by atoms with Gasteiger partial charge in [-0.25, -0.2) is 0 Å². The first kappa shape index (κ1) is 14.3. The normalized spacial score (nSPS) is 13.0. The van der Waals surface area contributed by atoms with Gasteiger partial charge in [0.25, 0.3) is 0 Å². The number of rotatable bonds is 2. The van der Waals surface area contributed by atoms with Crippen molar-refractivity contribution in [2.24, 2.45) is 0 Å². The SMILES string of the molecule is Cc1cc([Si](C)(C)Cl)c(C)cc1[Si](C)(C)Cl. The zero-order valence-corrected chi connectivity index (χ0v) is 14.4. The highest BCUT2D eigenvalue weighted by molar-refractivity contribution is 7.27. The fourth-order valence-electron chi connectivity index (χ4n) is 2.10. The van der Waals surface area contributed by atoms with Gasteiger partial charge in [-0.3, -0.25) is 0 Å². The average molecular weight is 291 g/mol. The van der Waals surface area contributed by atoms with Gasteiger partial charge in [0.1, 0.15) is 0 Å². The molecule has 0 unspecified atom stereocenters. The molecular weight excluding hydrogens is 271 g/mol. The minimum Gasteiger partial charge on any atom is -0.162 e. The molecule has 0 saturated heterocycles. The lowest BCUT2D eigenvalue weighted by Gasteiger charge is -2.23. The Morgan fingerprint density at radius 3 is 1.19 bits per heavy atom. The summed E-state index contributed by atoms with van der Waals surface area (Å²) in [6.45, 7) is 13.0. The van der Waals surface area contributed by atoms with Crippen molar-refractivity contribution in [1.29, 1.82) is 0 Å². The van der Waals surface area contributed by atoms with E-state index in [0.717, 1.165) is 0 Å². The van der Waals surface area contributed by atoms with Crippen molar-refractivity contribution in [1.82, 2.24) is 0 Å². The first-order chi connectivity index (χ1) is 7.03. The van der Waals surface area contributed by atoms with Crippen molar-refractivity contribution in [3.63, 3.8) is 0 Å². The van der Waals surface area contributed by atoms with E-state index in [4.69, 9.17) is 22.2 Å². The summed E-state index contributed by atoms with van der Waals surface area (Å²) in [5.41, 5.74) is 2.60. The van der Waals surface area contributed by atoms with Crippen LogP contribution in [0, 0.1) is 13.8 Å². The van der Waals surface area contributed by atoms with Gasteiger partial charge in [-0.05, 0) is 24.2 Å². The maximum Gasteiger partial charge on any atom is 0.181 e. The zero-order valence-electron chi connectivity index (χ0n) is 10.9. The van der Waals surface area contributed by atoms with E-state index in [-0.39, 0.29) is 0 Å². The van der Waals surface area contributed by atoms with Crippen LogP contribution in [0.2, 0.25) is 26.2 Å². The Kier molecular flexibility index (Phi) is 4.01. The monoisotopic (exact) mass is 290 g/mol. The van der Waals surface area contributed by atoms with E-state index < -0.39 is 14.8 Å². The second kappa shape index (κ2) is 4.48. The summed E-state index contributed by atoms with van der Waals surface area (Å²) < 4.78 is 0. The number of aryl methyl sites for hydroxylation is 2. The average Bonchev–Trinajstić information content (AvgIpc) is 2.04. The second-order valence-corrected chi connectivity index (χ2v) is 18.1. The van der Waals surface area contributed by atoms with Gasteiger partial charge in [0, 0.05) is 0 Å². The predicted molar refractivity (Wildman–Crippen MR) is 81.9 cm³/mol. The van der Waals surface area contributed by atoms with E-state index in [1.165, 1.54) is 21.5 Å². The van der Waals surface area contributed by atoms with Crippen LogP contribution in [0.3, 0.4) is 0 Å². The Hall–Kier alpha value is 0.234. The van der Waals surface area contributed by atoms with E-state index >= 15 is 0 Å².